The second kappa shape index (κ2) is 6.51. The summed E-state index contributed by atoms with van der Waals surface area (Å²) >= 11 is 0. The van der Waals surface area contributed by atoms with Crippen molar-refractivity contribution < 1.29 is 38.8 Å². The van der Waals surface area contributed by atoms with Crippen molar-refractivity contribution in [1.29, 1.82) is 0 Å². The van der Waals surface area contributed by atoms with Crippen LogP contribution in [0.5, 0.6) is 5.75 Å². The van der Waals surface area contributed by atoms with Gasteiger partial charge in [-0.05, 0) is 53.2 Å². The van der Waals surface area contributed by atoms with E-state index in [0.29, 0.717) is 10.8 Å². The second-order valence-corrected chi connectivity index (χ2v) is 5.92. The SMILES string of the molecule is O=C1OOC(=O)c2ccc3cc(ccc3c2)C(=O)Oc2cc1ccc2C(=O)O. The van der Waals surface area contributed by atoms with E-state index in [4.69, 9.17) is 4.74 Å². The number of benzene rings is 3. The third kappa shape index (κ3) is 3.03. The van der Waals surface area contributed by atoms with Gasteiger partial charge >= 0.3 is 23.9 Å². The average Bonchev–Trinajstić information content (AvgIpc) is 2.70. The van der Waals surface area contributed by atoms with Crippen LogP contribution in [0.4, 0.5) is 0 Å². The Balaban J connectivity index is 1.88. The number of carbonyl (C=O) groups is 4. The highest BCUT2D eigenvalue weighted by Crippen LogP contribution is 2.25. The van der Waals surface area contributed by atoms with Crippen LogP contribution in [0.25, 0.3) is 10.8 Å². The Hall–Kier alpha value is -4.20. The van der Waals surface area contributed by atoms with E-state index < -0.39 is 23.9 Å². The molecule has 6 bridgehead atoms. The van der Waals surface area contributed by atoms with Gasteiger partial charge in [0.2, 0.25) is 0 Å². The molecule has 28 heavy (non-hydrogen) atoms. The van der Waals surface area contributed by atoms with Gasteiger partial charge in [-0.2, -0.15) is 0 Å². The van der Waals surface area contributed by atoms with Gasteiger partial charge in [0.25, 0.3) is 0 Å². The van der Waals surface area contributed by atoms with Gasteiger partial charge in [-0.3, -0.25) is 0 Å². The predicted molar refractivity (Wildman–Crippen MR) is 93.1 cm³/mol. The Labute approximate surface area is 156 Å². The van der Waals surface area contributed by atoms with Crippen LogP contribution >= 0.6 is 0 Å². The highest BCUT2D eigenvalue weighted by atomic mass is 17.2. The maximum Gasteiger partial charge on any atom is 0.386 e. The largest absolute Gasteiger partial charge is 0.478 e. The van der Waals surface area contributed by atoms with Gasteiger partial charge in [0, 0.05) is 0 Å². The first-order chi connectivity index (χ1) is 13.4. The highest BCUT2D eigenvalue weighted by molar-refractivity contribution is 6.01. The summed E-state index contributed by atoms with van der Waals surface area (Å²) in [5.41, 5.74) is -0.174. The van der Waals surface area contributed by atoms with Gasteiger partial charge in [0.1, 0.15) is 11.3 Å². The summed E-state index contributed by atoms with van der Waals surface area (Å²) in [4.78, 5) is 57.2. The molecular weight excluding hydrogens is 368 g/mol. The van der Waals surface area contributed by atoms with Gasteiger partial charge in [0.05, 0.1) is 16.7 Å². The summed E-state index contributed by atoms with van der Waals surface area (Å²) in [5, 5.41) is 10.6. The van der Waals surface area contributed by atoms with Gasteiger partial charge in [-0.15, -0.1) is 0 Å². The van der Waals surface area contributed by atoms with Crippen LogP contribution in [0.15, 0.2) is 54.6 Å². The van der Waals surface area contributed by atoms with Crippen molar-refractivity contribution in [3.8, 4) is 5.75 Å². The van der Waals surface area contributed by atoms with Crippen molar-refractivity contribution in [1.82, 2.24) is 0 Å². The number of carboxylic acid groups (broad SMARTS) is 1. The first-order valence-corrected chi connectivity index (χ1v) is 7.99. The van der Waals surface area contributed by atoms with Gasteiger partial charge in [0.15, 0.2) is 0 Å². The second-order valence-electron chi connectivity index (χ2n) is 5.92. The van der Waals surface area contributed by atoms with E-state index in [9.17, 15) is 24.3 Å². The number of hydrogen-bond acceptors (Lipinski definition) is 7. The van der Waals surface area contributed by atoms with Crippen LogP contribution in [-0.4, -0.2) is 29.0 Å². The maximum absolute atomic E-state index is 12.5. The van der Waals surface area contributed by atoms with Crippen molar-refractivity contribution in [2.75, 3.05) is 0 Å². The molecule has 6 rings (SSSR count). The van der Waals surface area contributed by atoms with Crippen LogP contribution in [0, 0.1) is 0 Å². The molecular formula is C20H10O8. The minimum absolute atomic E-state index is 0.146. The minimum atomic E-state index is -1.35. The molecule has 0 atom stereocenters. The van der Waals surface area contributed by atoms with Crippen LogP contribution < -0.4 is 4.74 Å². The predicted octanol–water partition coefficient (Wildman–Crippen LogP) is 3.00. The molecule has 0 aliphatic carbocycles. The summed E-state index contributed by atoms with van der Waals surface area (Å²) in [6.45, 7) is 0. The lowest BCUT2D eigenvalue weighted by atomic mass is 10.0. The van der Waals surface area contributed by atoms with Crippen LogP contribution in [-0.2, 0) is 9.78 Å². The molecule has 1 N–H and O–H groups in total. The Morgan fingerprint density at radius 2 is 1.18 bits per heavy atom. The molecule has 0 amide bonds. The molecule has 0 unspecified atom stereocenters. The van der Waals surface area contributed by atoms with E-state index in [1.54, 1.807) is 18.2 Å². The lowest BCUT2D eigenvalue weighted by Gasteiger charge is -2.09. The van der Waals surface area contributed by atoms with Crippen LogP contribution in [0.2, 0.25) is 0 Å². The van der Waals surface area contributed by atoms with Gasteiger partial charge in [-0.1, -0.05) is 12.1 Å². The number of carbonyl (C=O) groups excluding carboxylic acids is 3. The van der Waals surface area contributed by atoms with Crippen LogP contribution in [0.1, 0.15) is 41.4 Å². The number of carboxylic acids is 1. The summed E-state index contributed by atoms with van der Waals surface area (Å²) in [5.74, 6) is -4.44. The Bertz CT molecular complexity index is 1180. The third-order valence-corrected chi connectivity index (χ3v) is 4.16. The van der Waals surface area contributed by atoms with E-state index in [0.717, 1.165) is 18.2 Å². The smallest absolute Gasteiger partial charge is 0.386 e. The Morgan fingerprint density at radius 3 is 1.75 bits per heavy atom. The fourth-order valence-corrected chi connectivity index (χ4v) is 2.74. The standard InChI is InChI=1S/C20H10O8/c21-17(22)15-6-5-14-9-16(15)26-18(23)12-3-1-11-8-13(4-2-10(11)7-12)19(24)27-28-20(14)25/h1-9H,(H,21,22). The fraction of sp³-hybridized carbons (Fsp3) is 0. The molecule has 0 fully saturated rings. The molecule has 0 saturated carbocycles. The number of aromatic carboxylic acids is 1. The summed E-state index contributed by atoms with van der Waals surface area (Å²) in [7, 11) is 0. The summed E-state index contributed by atoms with van der Waals surface area (Å²) in [6, 6.07) is 12.4. The normalized spacial score (nSPS) is 13.6. The van der Waals surface area contributed by atoms with Crippen molar-refractivity contribution in [3.63, 3.8) is 0 Å². The molecule has 3 aliphatic rings. The van der Waals surface area contributed by atoms with Gasteiger partial charge < -0.3 is 9.84 Å². The molecule has 3 heterocycles. The molecule has 0 radical (unpaired) electrons. The third-order valence-electron chi connectivity index (χ3n) is 4.16. The van der Waals surface area contributed by atoms with Crippen molar-refractivity contribution in [2.24, 2.45) is 0 Å². The zero-order valence-electron chi connectivity index (χ0n) is 14.0. The van der Waals surface area contributed by atoms with E-state index in [2.05, 4.69) is 9.78 Å². The van der Waals surface area contributed by atoms with Crippen molar-refractivity contribution >= 4 is 34.6 Å². The molecule has 8 nitrogen and oxygen atoms in total. The molecule has 138 valence electrons. The summed E-state index contributed by atoms with van der Waals surface area (Å²) < 4.78 is 5.21. The first-order valence-electron chi connectivity index (χ1n) is 7.99. The molecule has 3 aromatic rings. The lowest BCUT2D eigenvalue weighted by molar-refractivity contribution is -0.187. The molecule has 0 spiro atoms. The van der Waals surface area contributed by atoms with Gasteiger partial charge in [-0.25, -0.2) is 29.0 Å². The number of esters is 1. The average molecular weight is 378 g/mol. The number of rotatable bonds is 1. The van der Waals surface area contributed by atoms with E-state index >= 15 is 0 Å². The summed E-state index contributed by atoms with van der Waals surface area (Å²) in [6.07, 6.45) is 0. The quantitative estimate of drug-likeness (QED) is 0.390. The van der Waals surface area contributed by atoms with E-state index in [1.165, 1.54) is 18.2 Å². The first kappa shape index (κ1) is 17.2. The van der Waals surface area contributed by atoms with E-state index in [1.807, 2.05) is 0 Å². The zero-order chi connectivity index (χ0) is 19.8. The highest BCUT2D eigenvalue weighted by Gasteiger charge is 2.22. The molecule has 3 aliphatic heterocycles. The van der Waals surface area contributed by atoms with E-state index in [-0.39, 0.29) is 28.0 Å². The Morgan fingerprint density at radius 1 is 0.679 bits per heavy atom. The topological polar surface area (TPSA) is 116 Å². The molecule has 3 aromatic carbocycles. The minimum Gasteiger partial charge on any atom is -0.478 e. The maximum atomic E-state index is 12.5. The van der Waals surface area contributed by atoms with Crippen molar-refractivity contribution in [2.45, 2.75) is 0 Å². The Kier molecular flexibility index (Phi) is 4.00. The number of fused-ring (bicyclic) bond motifs is 2. The molecule has 0 aromatic heterocycles. The molecule has 0 saturated heterocycles. The number of hydrogen-bond donors (Lipinski definition) is 1. The lowest BCUT2D eigenvalue weighted by Crippen LogP contribution is -2.14. The van der Waals surface area contributed by atoms with Crippen LogP contribution in [0.3, 0.4) is 0 Å². The monoisotopic (exact) mass is 378 g/mol. The number of ether oxygens (including phenoxy) is 1. The van der Waals surface area contributed by atoms with Crippen molar-refractivity contribution in [3.05, 3.63) is 76.9 Å². The fourth-order valence-electron chi connectivity index (χ4n) is 2.74. The zero-order valence-corrected chi connectivity index (χ0v) is 14.0. The molecule has 8 heteroatoms.